The van der Waals surface area contributed by atoms with E-state index in [0.717, 1.165) is 24.0 Å². The summed E-state index contributed by atoms with van der Waals surface area (Å²) in [4.78, 5) is 27.8. The third-order valence-electron chi connectivity index (χ3n) is 5.77. The molecule has 2 aliphatic rings. The van der Waals surface area contributed by atoms with E-state index in [9.17, 15) is 19.1 Å². The topological polar surface area (TPSA) is 93.8 Å². The van der Waals surface area contributed by atoms with Gasteiger partial charge in [0.25, 0.3) is 0 Å². The maximum atomic E-state index is 14.9. The van der Waals surface area contributed by atoms with E-state index < -0.39 is 11.8 Å². The third kappa shape index (κ3) is 3.22. The van der Waals surface area contributed by atoms with Gasteiger partial charge in [-0.05, 0) is 61.8 Å². The van der Waals surface area contributed by atoms with Crippen LogP contribution in [0, 0.1) is 11.7 Å². The van der Waals surface area contributed by atoms with E-state index in [1.54, 1.807) is 25.3 Å². The summed E-state index contributed by atoms with van der Waals surface area (Å²) in [6.45, 7) is 2.10. The molecule has 2 saturated carbocycles. The molecule has 2 fully saturated rings. The van der Waals surface area contributed by atoms with Crippen molar-refractivity contribution in [3.8, 4) is 11.3 Å². The number of aromatic carboxylic acids is 1. The number of carboxylic acids is 1. The first-order valence-corrected chi connectivity index (χ1v) is 10.1. The van der Waals surface area contributed by atoms with Crippen LogP contribution in [0.3, 0.4) is 0 Å². The summed E-state index contributed by atoms with van der Waals surface area (Å²) in [5.41, 5.74) is 2.82. The van der Waals surface area contributed by atoms with Gasteiger partial charge in [-0.15, -0.1) is 0 Å². The Morgan fingerprint density at radius 2 is 2.10 bits per heavy atom. The highest BCUT2D eigenvalue weighted by atomic mass is 19.1. The summed E-state index contributed by atoms with van der Waals surface area (Å²) in [5, 5.41) is 13.4. The minimum absolute atomic E-state index is 0.0186. The van der Waals surface area contributed by atoms with Gasteiger partial charge in [-0.2, -0.15) is 5.10 Å². The number of aromatic nitrogens is 3. The Labute approximate surface area is 171 Å². The summed E-state index contributed by atoms with van der Waals surface area (Å²) in [6, 6.07) is 6.47. The van der Waals surface area contributed by atoms with Crippen LogP contribution < -0.4 is 0 Å². The molecule has 0 aliphatic heterocycles. The number of imidazole rings is 1. The summed E-state index contributed by atoms with van der Waals surface area (Å²) in [6.07, 6.45) is 4.18. The van der Waals surface area contributed by atoms with E-state index in [1.807, 2.05) is 6.07 Å². The van der Waals surface area contributed by atoms with Crippen LogP contribution in [0.4, 0.5) is 4.39 Å². The van der Waals surface area contributed by atoms with Crippen molar-refractivity contribution in [2.75, 3.05) is 6.61 Å². The molecule has 0 bridgehead atoms. The average molecular weight is 409 g/mol. The predicted molar refractivity (Wildman–Crippen MR) is 105 cm³/mol. The molecule has 0 amide bonds. The van der Waals surface area contributed by atoms with Gasteiger partial charge in [0, 0.05) is 11.1 Å². The molecule has 8 heteroatoms. The lowest BCUT2D eigenvalue weighted by molar-refractivity contribution is -0.144. The van der Waals surface area contributed by atoms with Crippen molar-refractivity contribution in [1.82, 2.24) is 14.6 Å². The lowest BCUT2D eigenvalue weighted by Gasteiger charge is -2.04. The molecule has 2 aliphatic carbocycles. The number of benzene rings is 1. The number of hydrogen-bond acceptors (Lipinski definition) is 5. The first-order chi connectivity index (χ1) is 14.5. The van der Waals surface area contributed by atoms with Crippen molar-refractivity contribution in [3.63, 3.8) is 0 Å². The van der Waals surface area contributed by atoms with Crippen molar-refractivity contribution in [2.45, 2.75) is 38.0 Å². The van der Waals surface area contributed by atoms with Gasteiger partial charge in [-0.25, -0.2) is 18.7 Å². The van der Waals surface area contributed by atoms with Crippen LogP contribution >= 0.6 is 0 Å². The number of carboxylic acid groups (broad SMARTS) is 1. The number of fused-ring (bicyclic) bond motifs is 1. The highest BCUT2D eigenvalue weighted by molar-refractivity contribution is 5.86. The standard InChI is InChI=1S/C22H20FN3O4/c1-2-30-22(29)16-8-14(16)12-5-6-13(17(23)7-12)19-10-26-20(24-19)15(11-3-4-11)9-18(25-26)21(27)28/h5-7,9-11,14,16H,2-4,8H2,1H3,(H,27,28)/t14-,16+/m1/s1. The van der Waals surface area contributed by atoms with Crippen LogP contribution in [0.25, 0.3) is 16.9 Å². The van der Waals surface area contributed by atoms with E-state index >= 15 is 0 Å². The van der Waals surface area contributed by atoms with Crippen molar-refractivity contribution in [2.24, 2.45) is 5.92 Å². The van der Waals surface area contributed by atoms with E-state index in [1.165, 1.54) is 10.6 Å². The normalized spacial score (nSPS) is 20.3. The Kier molecular flexibility index (Phi) is 4.30. The minimum atomic E-state index is -1.11. The Balaban J connectivity index is 1.48. The summed E-state index contributed by atoms with van der Waals surface area (Å²) < 4.78 is 21.4. The number of nitrogens with zero attached hydrogens (tertiary/aromatic N) is 3. The second-order valence-electron chi connectivity index (χ2n) is 7.90. The molecule has 0 spiro atoms. The van der Waals surface area contributed by atoms with Gasteiger partial charge in [0.05, 0.1) is 24.4 Å². The molecule has 0 unspecified atom stereocenters. The Bertz CT molecular complexity index is 1180. The van der Waals surface area contributed by atoms with Crippen LogP contribution in [-0.2, 0) is 9.53 Å². The fourth-order valence-electron chi connectivity index (χ4n) is 3.97. The van der Waals surface area contributed by atoms with Gasteiger partial charge >= 0.3 is 11.9 Å². The van der Waals surface area contributed by atoms with Gasteiger partial charge < -0.3 is 9.84 Å². The first-order valence-electron chi connectivity index (χ1n) is 10.1. The van der Waals surface area contributed by atoms with E-state index in [0.29, 0.717) is 29.9 Å². The van der Waals surface area contributed by atoms with Gasteiger partial charge in [-0.3, -0.25) is 4.79 Å². The Morgan fingerprint density at radius 1 is 1.30 bits per heavy atom. The van der Waals surface area contributed by atoms with Crippen molar-refractivity contribution in [3.05, 3.63) is 53.1 Å². The second kappa shape index (κ2) is 6.90. The fourth-order valence-corrected chi connectivity index (χ4v) is 3.97. The van der Waals surface area contributed by atoms with E-state index in [4.69, 9.17) is 4.74 Å². The second-order valence-corrected chi connectivity index (χ2v) is 7.90. The molecule has 2 heterocycles. The molecule has 2 aromatic heterocycles. The predicted octanol–water partition coefficient (Wildman–Crippen LogP) is 3.78. The molecular weight excluding hydrogens is 389 g/mol. The average Bonchev–Trinajstić information content (AvgIpc) is 3.63. The van der Waals surface area contributed by atoms with Gasteiger partial charge in [0.15, 0.2) is 11.3 Å². The maximum Gasteiger partial charge on any atom is 0.356 e. The third-order valence-corrected chi connectivity index (χ3v) is 5.77. The van der Waals surface area contributed by atoms with Crippen LogP contribution in [0.5, 0.6) is 0 Å². The molecule has 7 nitrogen and oxygen atoms in total. The molecule has 30 heavy (non-hydrogen) atoms. The molecule has 2 atom stereocenters. The number of halogens is 1. The Hall–Kier alpha value is -3.29. The zero-order valence-electron chi connectivity index (χ0n) is 16.3. The number of ether oxygens (including phenoxy) is 1. The molecule has 1 N–H and O–H groups in total. The summed E-state index contributed by atoms with van der Waals surface area (Å²) in [5.74, 6) is -1.73. The van der Waals surface area contributed by atoms with E-state index in [-0.39, 0.29) is 29.4 Å². The Morgan fingerprint density at radius 3 is 2.77 bits per heavy atom. The van der Waals surface area contributed by atoms with Crippen LogP contribution in [-0.4, -0.2) is 38.3 Å². The summed E-state index contributed by atoms with van der Waals surface area (Å²) in [7, 11) is 0. The van der Waals surface area contributed by atoms with Crippen LogP contribution in [0.1, 0.15) is 59.6 Å². The minimum Gasteiger partial charge on any atom is -0.476 e. The first kappa shape index (κ1) is 18.7. The zero-order chi connectivity index (χ0) is 21.0. The van der Waals surface area contributed by atoms with E-state index in [2.05, 4.69) is 10.1 Å². The molecule has 154 valence electrons. The molecular formula is C22H20FN3O4. The molecule has 5 rings (SSSR count). The van der Waals surface area contributed by atoms with Gasteiger partial charge in [0.1, 0.15) is 5.82 Å². The molecule has 3 aromatic rings. The smallest absolute Gasteiger partial charge is 0.356 e. The largest absolute Gasteiger partial charge is 0.476 e. The number of rotatable bonds is 6. The van der Waals surface area contributed by atoms with Crippen molar-refractivity contribution in [1.29, 1.82) is 0 Å². The zero-order valence-corrected chi connectivity index (χ0v) is 16.3. The highest BCUT2D eigenvalue weighted by Crippen LogP contribution is 2.48. The lowest BCUT2D eigenvalue weighted by Crippen LogP contribution is -2.07. The maximum absolute atomic E-state index is 14.9. The number of carbonyl (C=O) groups is 2. The van der Waals surface area contributed by atoms with Gasteiger partial charge in [-0.1, -0.05) is 6.07 Å². The van der Waals surface area contributed by atoms with Crippen LogP contribution in [0.2, 0.25) is 0 Å². The highest BCUT2D eigenvalue weighted by Gasteiger charge is 2.45. The molecule has 0 saturated heterocycles. The van der Waals surface area contributed by atoms with Crippen molar-refractivity contribution < 1.29 is 23.8 Å². The summed E-state index contributed by atoms with van der Waals surface area (Å²) >= 11 is 0. The monoisotopic (exact) mass is 409 g/mol. The van der Waals surface area contributed by atoms with Gasteiger partial charge in [0.2, 0.25) is 0 Å². The van der Waals surface area contributed by atoms with Crippen molar-refractivity contribution >= 4 is 17.6 Å². The fraction of sp³-hybridized carbons (Fsp3) is 0.364. The molecule has 1 aromatic carbocycles. The van der Waals surface area contributed by atoms with Crippen LogP contribution in [0.15, 0.2) is 30.5 Å². The quantitative estimate of drug-likeness (QED) is 0.623. The number of carbonyl (C=O) groups excluding carboxylic acids is 1. The molecule has 0 radical (unpaired) electrons. The SMILES string of the molecule is CCOC(=O)[C@H]1C[C@@H]1c1ccc(-c2cn3nc(C(=O)O)cc(C4CC4)c3n2)c(F)c1. The number of hydrogen-bond donors (Lipinski definition) is 1. The number of esters is 1. The lowest BCUT2D eigenvalue weighted by atomic mass is 10.0.